The Hall–Kier alpha value is -1.84. The van der Waals surface area contributed by atoms with Crippen molar-refractivity contribution in [3.8, 4) is 0 Å². The highest BCUT2D eigenvalue weighted by molar-refractivity contribution is 5.80. The number of esters is 1. The van der Waals surface area contributed by atoms with E-state index in [-0.39, 0.29) is 18.3 Å². The van der Waals surface area contributed by atoms with Crippen LogP contribution in [0.4, 0.5) is 0 Å². The standard InChI is InChI=1S/C18H27NO3/c1-4-6-12-19(13-11-18(21)22-5-2)17(20)14-16-10-8-7-9-15(16)3/h7-10H,4-6,11-14H2,1-3H3. The van der Waals surface area contributed by atoms with Crippen LogP contribution in [0.1, 0.15) is 44.2 Å². The van der Waals surface area contributed by atoms with E-state index in [2.05, 4.69) is 6.92 Å². The van der Waals surface area contributed by atoms with Gasteiger partial charge in [0.25, 0.3) is 0 Å². The second-order valence-electron chi connectivity index (χ2n) is 5.39. The zero-order valence-corrected chi connectivity index (χ0v) is 13.9. The minimum absolute atomic E-state index is 0.0760. The van der Waals surface area contributed by atoms with E-state index in [1.54, 1.807) is 11.8 Å². The van der Waals surface area contributed by atoms with Gasteiger partial charge in [-0.2, -0.15) is 0 Å². The number of amides is 1. The summed E-state index contributed by atoms with van der Waals surface area (Å²) in [5, 5.41) is 0. The number of hydrogen-bond acceptors (Lipinski definition) is 3. The lowest BCUT2D eigenvalue weighted by atomic mass is 10.1. The summed E-state index contributed by atoms with van der Waals surface area (Å²) in [7, 11) is 0. The van der Waals surface area contributed by atoms with Gasteiger partial charge in [-0.3, -0.25) is 9.59 Å². The first-order valence-electron chi connectivity index (χ1n) is 8.06. The van der Waals surface area contributed by atoms with Gasteiger partial charge in [0.1, 0.15) is 0 Å². The monoisotopic (exact) mass is 305 g/mol. The van der Waals surface area contributed by atoms with E-state index in [1.165, 1.54) is 0 Å². The molecule has 0 radical (unpaired) electrons. The number of carbonyl (C=O) groups is 2. The molecule has 0 bridgehead atoms. The van der Waals surface area contributed by atoms with Gasteiger partial charge >= 0.3 is 5.97 Å². The Morgan fingerprint density at radius 1 is 1.14 bits per heavy atom. The lowest BCUT2D eigenvalue weighted by molar-refractivity contribution is -0.144. The second-order valence-corrected chi connectivity index (χ2v) is 5.39. The van der Waals surface area contributed by atoms with Crippen molar-refractivity contribution >= 4 is 11.9 Å². The molecule has 122 valence electrons. The third-order valence-electron chi connectivity index (χ3n) is 3.63. The van der Waals surface area contributed by atoms with E-state index in [9.17, 15) is 9.59 Å². The summed E-state index contributed by atoms with van der Waals surface area (Å²) >= 11 is 0. The Bertz CT molecular complexity index is 485. The van der Waals surface area contributed by atoms with Gasteiger partial charge in [0.15, 0.2) is 0 Å². The highest BCUT2D eigenvalue weighted by Crippen LogP contribution is 2.10. The van der Waals surface area contributed by atoms with Gasteiger partial charge in [0, 0.05) is 13.1 Å². The van der Waals surface area contributed by atoms with E-state index in [0.717, 1.165) is 24.0 Å². The fourth-order valence-electron chi connectivity index (χ4n) is 2.25. The minimum Gasteiger partial charge on any atom is -0.466 e. The number of nitrogens with zero attached hydrogens (tertiary/aromatic N) is 1. The van der Waals surface area contributed by atoms with Gasteiger partial charge in [0.05, 0.1) is 19.4 Å². The Kier molecular flexibility index (Phi) is 8.26. The Balaban J connectivity index is 2.63. The summed E-state index contributed by atoms with van der Waals surface area (Å²) < 4.78 is 4.94. The fraction of sp³-hybridized carbons (Fsp3) is 0.556. The van der Waals surface area contributed by atoms with E-state index in [4.69, 9.17) is 4.74 Å². The normalized spacial score (nSPS) is 10.3. The molecule has 4 heteroatoms. The number of aryl methyl sites for hydroxylation is 1. The Labute approximate surface area is 133 Å². The molecule has 4 nitrogen and oxygen atoms in total. The maximum Gasteiger partial charge on any atom is 0.307 e. The molecule has 1 rings (SSSR count). The molecule has 0 aliphatic rings. The molecular weight excluding hydrogens is 278 g/mol. The van der Waals surface area contributed by atoms with Gasteiger partial charge in [-0.1, -0.05) is 37.6 Å². The molecule has 0 heterocycles. The number of unbranched alkanes of at least 4 members (excludes halogenated alkanes) is 1. The lowest BCUT2D eigenvalue weighted by Gasteiger charge is -2.22. The van der Waals surface area contributed by atoms with Crippen molar-refractivity contribution in [3.05, 3.63) is 35.4 Å². The molecule has 0 aliphatic carbocycles. The van der Waals surface area contributed by atoms with E-state index in [0.29, 0.717) is 26.1 Å². The summed E-state index contributed by atoms with van der Waals surface area (Å²) in [4.78, 5) is 25.8. The zero-order valence-electron chi connectivity index (χ0n) is 13.9. The first-order chi connectivity index (χ1) is 10.6. The first-order valence-corrected chi connectivity index (χ1v) is 8.06. The van der Waals surface area contributed by atoms with E-state index >= 15 is 0 Å². The molecule has 0 unspecified atom stereocenters. The van der Waals surface area contributed by atoms with Crippen LogP contribution >= 0.6 is 0 Å². The van der Waals surface area contributed by atoms with Crippen LogP contribution in [0.5, 0.6) is 0 Å². The number of benzene rings is 1. The van der Waals surface area contributed by atoms with E-state index < -0.39 is 0 Å². The summed E-state index contributed by atoms with van der Waals surface area (Å²) in [5.41, 5.74) is 2.17. The molecule has 1 aromatic rings. The van der Waals surface area contributed by atoms with Crippen LogP contribution < -0.4 is 0 Å². The van der Waals surface area contributed by atoms with Crippen LogP contribution in [0.3, 0.4) is 0 Å². The Morgan fingerprint density at radius 3 is 2.50 bits per heavy atom. The summed E-state index contributed by atoms with van der Waals surface area (Å²) in [6.45, 7) is 7.40. The number of carbonyl (C=O) groups excluding carboxylic acids is 2. The molecule has 0 aliphatic heterocycles. The largest absolute Gasteiger partial charge is 0.466 e. The smallest absolute Gasteiger partial charge is 0.307 e. The number of hydrogen-bond donors (Lipinski definition) is 0. The van der Waals surface area contributed by atoms with Crippen molar-refractivity contribution in [2.24, 2.45) is 0 Å². The molecule has 22 heavy (non-hydrogen) atoms. The SMILES string of the molecule is CCCCN(CCC(=O)OCC)C(=O)Cc1ccccc1C. The molecule has 1 aromatic carbocycles. The van der Waals surface area contributed by atoms with Crippen LogP contribution in [0.25, 0.3) is 0 Å². The van der Waals surface area contributed by atoms with Gasteiger partial charge in [-0.05, 0) is 31.4 Å². The van der Waals surface area contributed by atoms with Gasteiger partial charge in [0.2, 0.25) is 5.91 Å². The molecule has 0 N–H and O–H groups in total. The molecule has 0 saturated carbocycles. The lowest BCUT2D eigenvalue weighted by Crippen LogP contribution is -2.35. The minimum atomic E-state index is -0.243. The molecule has 0 saturated heterocycles. The van der Waals surface area contributed by atoms with Gasteiger partial charge in [-0.15, -0.1) is 0 Å². The van der Waals surface area contributed by atoms with E-state index in [1.807, 2.05) is 31.2 Å². The first kappa shape index (κ1) is 18.2. The van der Waals surface area contributed by atoms with Crippen molar-refractivity contribution in [3.63, 3.8) is 0 Å². The third kappa shape index (κ3) is 6.29. The predicted octanol–water partition coefficient (Wildman–Crippen LogP) is 3.12. The summed E-state index contributed by atoms with van der Waals surface area (Å²) in [6.07, 6.45) is 2.62. The average Bonchev–Trinajstić information content (AvgIpc) is 2.50. The topological polar surface area (TPSA) is 46.6 Å². The molecule has 0 aromatic heterocycles. The second kappa shape index (κ2) is 9.98. The number of rotatable bonds is 9. The van der Waals surface area contributed by atoms with Crippen molar-refractivity contribution in [1.29, 1.82) is 0 Å². The molecule has 0 fully saturated rings. The Morgan fingerprint density at radius 2 is 1.86 bits per heavy atom. The maximum atomic E-state index is 12.5. The van der Waals surface area contributed by atoms with Crippen LogP contribution in [-0.2, 0) is 20.7 Å². The fourth-order valence-corrected chi connectivity index (χ4v) is 2.25. The molecular formula is C18H27NO3. The highest BCUT2D eigenvalue weighted by atomic mass is 16.5. The molecule has 0 atom stereocenters. The number of ether oxygens (including phenoxy) is 1. The van der Waals surface area contributed by atoms with Crippen molar-refractivity contribution in [2.75, 3.05) is 19.7 Å². The van der Waals surface area contributed by atoms with Crippen molar-refractivity contribution in [1.82, 2.24) is 4.90 Å². The van der Waals surface area contributed by atoms with Crippen LogP contribution in [0, 0.1) is 6.92 Å². The third-order valence-corrected chi connectivity index (χ3v) is 3.63. The van der Waals surface area contributed by atoms with Gasteiger partial charge in [-0.25, -0.2) is 0 Å². The van der Waals surface area contributed by atoms with Crippen LogP contribution in [0.2, 0.25) is 0 Å². The predicted molar refractivity (Wildman–Crippen MR) is 87.6 cm³/mol. The van der Waals surface area contributed by atoms with Crippen molar-refractivity contribution < 1.29 is 14.3 Å². The highest BCUT2D eigenvalue weighted by Gasteiger charge is 2.16. The van der Waals surface area contributed by atoms with Crippen LogP contribution in [0.15, 0.2) is 24.3 Å². The quantitative estimate of drug-likeness (QED) is 0.659. The summed E-state index contributed by atoms with van der Waals surface area (Å²) in [6, 6.07) is 7.91. The average molecular weight is 305 g/mol. The maximum absolute atomic E-state index is 12.5. The molecule has 0 spiro atoms. The van der Waals surface area contributed by atoms with Crippen LogP contribution in [-0.4, -0.2) is 36.5 Å². The summed E-state index contributed by atoms with van der Waals surface area (Å²) in [5.74, 6) is -0.167. The molecule has 1 amide bonds. The zero-order chi connectivity index (χ0) is 16.4. The van der Waals surface area contributed by atoms with Crippen molar-refractivity contribution in [2.45, 2.75) is 46.5 Å². The van der Waals surface area contributed by atoms with Gasteiger partial charge < -0.3 is 9.64 Å².